The number of anilines is 1. The third kappa shape index (κ3) is 2.55. The number of H-pyrrole nitrogens is 1. The second kappa shape index (κ2) is 5.32. The van der Waals surface area contributed by atoms with E-state index < -0.39 is 0 Å². The molecule has 2 N–H and O–H groups in total. The lowest BCUT2D eigenvalue weighted by molar-refractivity contribution is 0.928. The van der Waals surface area contributed by atoms with E-state index in [9.17, 15) is 0 Å². The fourth-order valence-corrected chi connectivity index (χ4v) is 3.11. The Kier molecular flexibility index (Phi) is 3.27. The molecule has 2 aromatic heterocycles. The maximum atomic E-state index is 6.07. The Bertz CT molecular complexity index is 1010. The van der Waals surface area contributed by atoms with Gasteiger partial charge in [-0.05, 0) is 54.3 Å². The Hall–Kier alpha value is -2.46. The molecule has 0 saturated heterocycles. The van der Waals surface area contributed by atoms with Gasteiger partial charge in [-0.1, -0.05) is 17.7 Å². The number of hydrogen-bond donors (Lipinski definition) is 2. The third-order valence-corrected chi connectivity index (χ3v) is 4.35. The molecule has 0 aliphatic rings. The number of fused-ring (bicyclic) bond motifs is 2. The van der Waals surface area contributed by atoms with Crippen molar-refractivity contribution in [2.24, 2.45) is 7.05 Å². The van der Waals surface area contributed by atoms with Gasteiger partial charge in [0.05, 0.1) is 11.0 Å². The Morgan fingerprint density at radius 2 is 2.04 bits per heavy atom. The summed E-state index contributed by atoms with van der Waals surface area (Å²) in [5.41, 5.74) is 5.54. The van der Waals surface area contributed by atoms with E-state index in [1.807, 2.05) is 29.8 Å². The molecule has 0 aliphatic heterocycles. The minimum atomic E-state index is 0.723. The summed E-state index contributed by atoms with van der Waals surface area (Å²) in [6, 6.07) is 14.4. The first-order valence-electron chi connectivity index (χ1n) is 7.54. The van der Waals surface area contributed by atoms with Crippen molar-refractivity contribution in [2.75, 3.05) is 5.32 Å². The molecule has 0 fully saturated rings. The molecule has 116 valence electrons. The highest BCUT2D eigenvalue weighted by molar-refractivity contribution is 6.31. The summed E-state index contributed by atoms with van der Waals surface area (Å²) in [6.45, 7) is 2.80. The van der Waals surface area contributed by atoms with Gasteiger partial charge in [0.1, 0.15) is 0 Å². The molecule has 0 spiro atoms. The molecule has 23 heavy (non-hydrogen) atoms. The summed E-state index contributed by atoms with van der Waals surface area (Å²) < 4.78 is 2.03. The highest BCUT2D eigenvalue weighted by Gasteiger charge is 2.08. The van der Waals surface area contributed by atoms with E-state index in [2.05, 4.69) is 46.5 Å². The van der Waals surface area contributed by atoms with Gasteiger partial charge in [-0.15, -0.1) is 0 Å². The van der Waals surface area contributed by atoms with Crippen LogP contribution in [0.5, 0.6) is 0 Å². The summed E-state index contributed by atoms with van der Waals surface area (Å²) in [5, 5.41) is 5.37. The van der Waals surface area contributed by atoms with Crippen LogP contribution in [0.2, 0.25) is 5.02 Å². The Balaban J connectivity index is 1.61. The summed E-state index contributed by atoms with van der Waals surface area (Å²) in [4.78, 5) is 7.96. The largest absolute Gasteiger partial charge is 0.359 e. The molecule has 0 saturated carbocycles. The normalized spacial score (nSPS) is 11.4. The van der Waals surface area contributed by atoms with E-state index in [1.165, 1.54) is 22.2 Å². The zero-order valence-corrected chi connectivity index (χ0v) is 13.8. The highest BCUT2D eigenvalue weighted by atomic mass is 35.5. The lowest BCUT2D eigenvalue weighted by Gasteiger charge is -2.06. The first kappa shape index (κ1) is 14.2. The number of imidazole rings is 1. The molecule has 4 aromatic rings. The maximum absolute atomic E-state index is 6.07. The lowest BCUT2D eigenvalue weighted by atomic mass is 10.1. The van der Waals surface area contributed by atoms with Crippen LogP contribution in [0.15, 0.2) is 42.5 Å². The second-order valence-corrected chi connectivity index (χ2v) is 6.29. The van der Waals surface area contributed by atoms with Crippen molar-refractivity contribution in [2.45, 2.75) is 13.5 Å². The average Bonchev–Trinajstić information content (AvgIpc) is 3.04. The molecule has 2 aromatic carbocycles. The third-order valence-electron chi connectivity index (χ3n) is 4.11. The monoisotopic (exact) mass is 324 g/mol. The molecule has 0 amide bonds. The summed E-state index contributed by atoms with van der Waals surface area (Å²) in [5.74, 6) is 0.840. The quantitative estimate of drug-likeness (QED) is 0.577. The predicted octanol–water partition coefficient (Wildman–Crippen LogP) is 4.63. The fraction of sp³-hybridized carbons (Fsp3) is 0.167. The van der Waals surface area contributed by atoms with Gasteiger partial charge in [-0.25, -0.2) is 4.98 Å². The average molecular weight is 325 g/mol. The van der Waals surface area contributed by atoms with E-state index in [0.29, 0.717) is 0 Å². The molecule has 0 radical (unpaired) electrons. The zero-order valence-electron chi connectivity index (χ0n) is 13.0. The SMILES string of the molecule is Cc1cc2cc(CNc3nc4ccc(Cl)cc4n3C)ccc2[nH]1. The van der Waals surface area contributed by atoms with E-state index in [4.69, 9.17) is 11.6 Å². The Morgan fingerprint density at radius 1 is 1.17 bits per heavy atom. The van der Waals surface area contributed by atoms with Crippen molar-refractivity contribution >= 4 is 39.5 Å². The zero-order chi connectivity index (χ0) is 16.0. The number of hydrogen-bond acceptors (Lipinski definition) is 2. The maximum Gasteiger partial charge on any atom is 0.203 e. The van der Waals surface area contributed by atoms with Crippen LogP contribution >= 0.6 is 11.6 Å². The second-order valence-electron chi connectivity index (χ2n) is 5.85. The molecule has 0 atom stereocenters. The molecular formula is C18H17ClN4. The first-order chi connectivity index (χ1) is 11.1. The summed E-state index contributed by atoms with van der Waals surface area (Å²) in [7, 11) is 1.99. The number of aromatic nitrogens is 3. The van der Waals surface area contributed by atoms with Crippen LogP contribution in [-0.4, -0.2) is 14.5 Å². The van der Waals surface area contributed by atoms with Crippen LogP contribution in [0.3, 0.4) is 0 Å². The molecule has 5 heteroatoms. The summed E-state index contributed by atoms with van der Waals surface area (Å²) in [6.07, 6.45) is 0. The van der Waals surface area contributed by atoms with E-state index in [-0.39, 0.29) is 0 Å². The Morgan fingerprint density at radius 3 is 2.91 bits per heavy atom. The van der Waals surface area contributed by atoms with Gasteiger partial charge in [-0.3, -0.25) is 0 Å². The van der Waals surface area contributed by atoms with Crippen molar-refractivity contribution < 1.29 is 0 Å². The van der Waals surface area contributed by atoms with Gasteiger partial charge in [0.25, 0.3) is 0 Å². The van der Waals surface area contributed by atoms with Gasteiger partial charge < -0.3 is 14.9 Å². The van der Waals surface area contributed by atoms with Crippen LogP contribution in [0, 0.1) is 6.92 Å². The fourth-order valence-electron chi connectivity index (χ4n) is 2.94. The van der Waals surface area contributed by atoms with Crippen LogP contribution < -0.4 is 5.32 Å². The van der Waals surface area contributed by atoms with Crippen LogP contribution in [0.4, 0.5) is 5.95 Å². The van der Waals surface area contributed by atoms with Gasteiger partial charge in [0.15, 0.2) is 0 Å². The lowest BCUT2D eigenvalue weighted by Crippen LogP contribution is -2.04. The standard InChI is InChI=1S/C18H17ClN4/c1-11-7-13-8-12(3-5-15(13)21-11)10-20-18-22-16-6-4-14(19)9-17(16)23(18)2/h3-9,21H,10H2,1-2H3,(H,20,22). The van der Waals surface area contributed by atoms with E-state index >= 15 is 0 Å². The number of nitrogens with zero attached hydrogens (tertiary/aromatic N) is 2. The first-order valence-corrected chi connectivity index (χ1v) is 7.92. The Labute approximate surface area is 139 Å². The van der Waals surface area contributed by atoms with E-state index in [1.54, 1.807) is 0 Å². The van der Waals surface area contributed by atoms with Gasteiger partial charge >= 0.3 is 0 Å². The molecular weight excluding hydrogens is 308 g/mol. The minimum Gasteiger partial charge on any atom is -0.359 e. The van der Waals surface area contributed by atoms with Crippen molar-refractivity contribution in [1.82, 2.24) is 14.5 Å². The van der Waals surface area contributed by atoms with Crippen molar-refractivity contribution in [3.8, 4) is 0 Å². The number of nitrogens with one attached hydrogen (secondary N) is 2. The molecule has 0 aliphatic carbocycles. The minimum absolute atomic E-state index is 0.723. The molecule has 0 unspecified atom stereocenters. The van der Waals surface area contributed by atoms with Crippen molar-refractivity contribution in [1.29, 1.82) is 0 Å². The smallest absolute Gasteiger partial charge is 0.203 e. The number of halogens is 1. The topological polar surface area (TPSA) is 45.6 Å². The van der Waals surface area contributed by atoms with Gasteiger partial charge in [-0.2, -0.15) is 0 Å². The molecule has 0 bridgehead atoms. The summed E-state index contributed by atoms with van der Waals surface area (Å²) >= 11 is 6.07. The van der Waals surface area contributed by atoms with Crippen LogP contribution in [0.25, 0.3) is 21.9 Å². The van der Waals surface area contributed by atoms with Crippen molar-refractivity contribution in [3.05, 3.63) is 58.7 Å². The number of aryl methyl sites for hydroxylation is 2. The van der Waals surface area contributed by atoms with Crippen LogP contribution in [-0.2, 0) is 13.6 Å². The van der Waals surface area contributed by atoms with E-state index in [0.717, 1.165) is 28.5 Å². The van der Waals surface area contributed by atoms with Crippen molar-refractivity contribution in [3.63, 3.8) is 0 Å². The van der Waals surface area contributed by atoms with Crippen LogP contribution in [0.1, 0.15) is 11.3 Å². The highest BCUT2D eigenvalue weighted by Crippen LogP contribution is 2.23. The van der Waals surface area contributed by atoms with Gasteiger partial charge in [0.2, 0.25) is 5.95 Å². The predicted molar refractivity (Wildman–Crippen MR) is 96.1 cm³/mol. The number of benzene rings is 2. The number of aromatic amines is 1. The molecule has 2 heterocycles. The molecule has 4 rings (SSSR count). The van der Waals surface area contributed by atoms with Gasteiger partial charge in [0, 0.05) is 29.8 Å². The number of rotatable bonds is 3. The molecule has 4 nitrogen and oxygen atoms in total.